The van der Waals surface area contributed by atoms with E-state index in [9.17, 15) is 0 Å². The highest BCUT2D eigenvalue weighted by Gasteiger charge is 2.15. The van der Waals surface area contributed by atoms with Crippen molar-refractivity contribution in [3.8, 4) is 39.1 Å². The molecule has 0 amide bonds. The number of nitrogens with zero attached hydrogens (tertiary/aromatic N) is 5. The Morgan fingerprint density at radius 1 is 1.03 bits per heavy atom. The molecular weight excluding hydrogens is 408 g/mol. The Kier molecular flexibility index (Phi) is 5.64. The summed E-state index contributed by atoms with van der Waals surface area (Å²) in [5.41, 5.74) is 8.48. The minimum Gasteiger partial charge on any atom is -0.494 e. The molecule has 0 bridgehead atoms. The van der Waals surface area contributed by atoms with Gasteiger partial charge in [0, 0.05) is 24.2 Å². The van der Waals surface area contributed by atoms with Gasteiger partial charge in [-0.1, -0.05) is 29.9 Å². The second kappa shape index (κ2) is 8.50. The molecule has 0 saturated heterocycles. The van der Waals surface area contributed by atoms with Crippen molar-refractivity contribution in [1.82, 2.24) is 24.9 Å². The molecule has 0 spiro atoms. The molecule has 29 heavy (non-hydrogen) atoms. The molecular formula is C20H17ClN6OS. The first kappa shape index (κ1) is 19.2. The number of thiazole rings is 1. The predicted octanol–water partition coefficient (Wildman–Crippen LogP) is 4.75. The number of rotatable bonds is 6. The summed E-state index contributed by atoms with van der Waals surface area (Å²) in [6, 6.07) is 7.42. The molecule has 7 nitrogen and oxygen atoms in total. The maximum absolute atomic E-state index is 6.55. The molecule has 2 N–H and O–H groups in total. The van der Waals surface area contributed by atoms with Crippen LogP contribution in [0.4, 0.5) is 5.13 Å². The minimum absolute atomic E-state index is 0.444. The maximum atomic E-state index is 6.55. The van der Waals surface area contributed by atoms with Crippen molar-refractivity contribution in [3.05, 3.63) is 54.1 Å². The van der Waals surface area contributed by atoms with E-state index in [1.54, 1.807) is 30.9 Å². The Balaban J connectivity index is 1.82. The second-order valence-electron chi connectivity index (χ2n) is 6.11. The number of anilines is 1. The quantitative estimate of drug-likeness (QED) is 0.476. The zero-order chi connectivity index (χ0) is 20.2. The Morgan fingerprint density at radius 3 is 2.59 bits per heavy atom. The van der Waals surface area contributed by atoms with Crippen LogP contribution in [0.2, 0.25) is 5.02 Å². The van der Waals surface area contributed by atoms with Gasteiger partial charge >= 0.3 is 0 Å². The topological polar surface area (TPSA) is 99.7 Å². The first-order valence-corrected chi connectivity index (χ1v) is 10.1. The van der Waals surface area contributed by atoms with Crippen molar-refractivity contribution in [3.63, 3.8) is 0 Å². The number of nitrogen functional groups attached to an aromatic ring is 1. The second-order valence-corrected chi connectivity index (χ2v) is 7.57. The summed E-state index contributed by atoms with van der Waals surface area (Å²) in [6.07, 6.45) is 7.43. The maximum Gasteiger partial charge on any atom is 0.180 e. The van der Waals surface area contributed by atoms with E-state index in [1.807, 2.05) is 18.2 Å². The van der Waals surface area contributed by atoms with E-state index < -0.39 is 0 Å². The van der Waals surface area contributed by atoms with Crippen molar-refractivity contribution < 1.29 is 4.74 Å². The molecule has 0 saturated carbocycles. The van der Waals surface area contributed by atoms with Gasteiger partial charge in [0.15, 0.2) is 11.0 Å². The molecule has 4 aromatic rings. The van der Waals surface area contributed by atoms with Crippen LogP contribution in [0.25, 0.3) is 33.3 Å². The lowest BCUT2D eigenvalue weighted by Gasteiger charge is -2.10. The Hall–Kier alpha value is -3.10. The minimum atomic E-state index is 0.444. The highest BCUT2D eigenvalue weighted by molar-refractivity contribution is 7.18. The third kappa shape index (κ3) is 4.33. The van der Waals surface area contributed by atoms with Gasteiger partial charge in [0.2, 0.25) is 0 Å². The third-order valence-corrected chi connectivity index (χ3v) is 5.15. The number of hydrogen-bond donors (Lipinski definition) is 1. The Bertz CT molecular complexity index is 1140. The van der Waals surface area contributed by atoms with E-state index in [-0.39, 0.29) is 0 Å². The van der Waals surface area contributed by atoms with E-state index in [0.717, 1.165) is 22.6 Å². The van der Waals surface area contributed by atoms with Crippen LogP contribution in [-0.4, -0.2) is 31.5 Å². The summed E-state index contributed by atoms with van der Waals surface area (Å²) in [7, 11) is 0. The van der Waals surface area contributed by atoms with Crippen LogP contribution in [-0.2, 0) is 0 Å². The molecule has 9 heteroatoms. The van der Waals surface area contributed by atoms with Crippen LogP contribution in [0.5, 0.6) is 5.75 Å². The predicted molar refractivity (Wildman–Crippen MR) is 115 cm³/mol. The van der Waals surface area contributed by atoms with Crippen LogP contribution in [0.1, 0.15) is 13.3 Å². The number of hydrogen-bond acceptors (Lipinski definition) is 8. The molecule has 1 aromatic carbocycles. The van der Waals surface area contributed by atoms with Crippen LogP contribution >= 0.6 is 22.9 Å². The van der Waals surface area contributed by atoms with Crippen molar-refractivity contribution in [2.45, 2.75) is 13.3 Å². The van der Waals surface area contributed by atoms with Gasteiger partial charge in [-0.15, -0.1) is 0 Å². The van der Waals surface area contributed by atoms with Gasteiger partial charge in [-0.2, -0.15) is 0 Å². The van der Waals surface area contributed by atoms with Crippen LogP contribution in [0, 0.1) is 0 Å². The molecule has 3 heterocycles. The molecule has 0 atom stereocenters. The smallest absolute Gasteiger partial charge is 0.180 e. The SMILES string of the molecule is CCCOc1ccc(-c2cc(-c3cnc(N)s3)nc(-c3cnccn3)n2)c(Cl)c1. The van der Waals surface area contributed by atoms with Gasteiger partial charge in [-0.05, 0) is 30.7 Å². The van der Waals surface area contributed by atoms with E-state index >= 15 is 0 Å². The fraction of sp³-hybridized carbons (Fsp3) is 0.150. The summed E-state index contributed by atoms with van der Waals surface area (Å²) >= 11 is 7.90. The van der Waals surface area contributed by atoms with E-state index in [0.29, 0.717) is 39.7 Å². The van der Waals surface area contributed by atoms with Crippen LogP contribution < -0.4 is 10.5 Å². The van der Waals surface area contributed by atoms with Gasteiger partial charge in [0.05, 0.1) is 34.1 Å². The van der Waals surface area contributed by atoms with E-state index in [4.69, 9.17) is 22.1 Å². The first-order chi connectivity index (χ1) is 14.1. The summed E-state index contributed by atoms with van der Waals surface area (Å²) in [6.45, 7) is 2.69. The molecule has 0 fully saturated rings. The lowest BCUT2D eigenvalue weighted by Crippen LogP contribution is -1.98. The summed E-state index contributed by atoms with van der Waals surface area (Å²) < 4.78 is 5.66. The van der Waals surface area contributed by atoms with Gasteiger partial charge in [-0.3, -0.25) is 4.98 Å². The molecule has 3 aromatic heterocycles. The van der Waals surface area contributed by atoms with E-state index in [1.165, 1.54) is 11.3 Å². The lowest BCUT2D eigenvalue weighted by molar-refractivity contribution is 0.317. The zero-order valence-electron chi connectivity index (χ0n) is 15.5. The number of aromatic nitrogens is 5. The zero-order valence-corrected chi connectivity index (χ0v) is 17.1. The fourth-order valence-electron chi connectivity index (χ4n) is 2.66. The standard InChI is InChI=1S/C20H17ClN6OS/c1-2-7-28-12-3-4-13(14(21)8-12)15-9-16(18-11-25-20(22)29-18)27-19(26-15)17-10-23-5-6-24-17/h3-6,8-11H,2,7H2,1H3,(H2,22,25). The Morgan fingerprint density at radius 2 is 1.90 bits per heavy atom. The van der Waals surface area contributed by atoms with Gasteiger partial charge in [-0.25, -0.2) is 19.9 Å². The van der Waals surface area contributed by atoms with Crippen molar-refractivity contribution in [1.29, 1.82) is 0 Å². The molecule has 4 rings (SSSR count). The van der Waals surface area contributed by atoms with E-state index in [2.05, 4.69) is 31.8 Å². The van der Waals surface area contributed by atoms with Crippen molar-refractivity contribution in [2.75, 3.05) is 12.3 Å². The van der Waals surface area contributed by atoms with Gasteiger partial charge in [0.1, 0.15) is 11.4 Å². The highest BCUT2D eigenvalue weighted by atomic mass is 35.5. The summed E-state index contributed by atoms with van der Waals surface area (Å²) in [4.78, 5) is 22.7. The number of nitrogens with two attached hydrogens (primary N) is 1. The van der Waals surface area contributed by atoms with Gasteiger partial charge in [0.25, 0.3) is 0 Å². The Labute approximate surface area is 176 Å². The van der Waals surface area contributed by atoms with Gasteiger partial charge < -0.3 is 10.5 Å². The normalized spacial score (nSPS) is 10.8. The average molecular weight is 425 g/mol. The largest absolute Gasteiger partial charge is 0.494 e. The monoisotopic (exact) mass is 424 g/mol. The molecule has 0 unspecified atom stereocenters. The molecule has 0 aliphatic heterocycles. The lowest BCUT2D eigenvalue weighted by atomic mass is 10.1. The highest BCUT2D eigenvalue weighted by Crippen LogP contribution is 2.34. The molecule has 146 valence electrons. The summed E-state index contributed by atoms with van der Waals surface area (Å²) in [5.74, 6) is 1.17. The first-order valence-electron chi connectivity index (χ1n) is 8.94. The molecule has 0 radical (unpaired) electrons. The number of benzene rings is 1. The fourth-order valence-corrected chi connectivity index (χ4v) is 3.57. The number of halogens is 1. The molecule has 0 aliphatic rings. The molecule has 0 aliphatic carbocycles. The van der Waals surface area contributed by atoms with Crippen LogP contribution in [0.15, 0.2) is 49.1 Å². The van der Waals surface area contributed by atoms with Crippen LogP contribution in [0.3, 0.4) is 0 Å². The number of ether oxygens (including phenoxy) is 1. The van der Waals surface area contributed by atoms with Crippen molar-refractivity contribution in [2.24, 2.45) is 0 Å². The average Bonchev–Trinajstić information content (AvgIpc) is 3.19. The third-order valence-electron chi connectivity index (χ3n) is 3.98. The van der Waals surface area contributed by atoms with Crippen molar-refractivity contribution >= 4 is 28.1 Å². The summed E-state index contributed by atoms with van der Waals surface area (Å²) in [5, 5.41) is 1.01.